The monoisotopic (exact) mass is 530 g/mol. The van der Waals surface area contributed by atoms with Gasteiger partial charge in [0.05, 0.1) is 18.6 Å². The van der Waals surface area contributed by atoms with Crippen LogP contribution in [0.5, 0.6) is 0 Å². The zero-order valence-corrected chi connectivity index (χ0v) is 22.3. The first-order valence-electron chi connectivity index (χ1n) is 13.1. The third kappa shape index (κ3) is 6.64. The van der Waals surface area contributed by atoms with Crippen LogP contribution in [0.1, 0.15) is 43.4 Å². The highest BCUT2D eigenvalue weighted by Gasteiger charge is 2.33. The van der Waals surface area contributed by atoms with Gasteiger partial charge in [-0.2, -0.15) is 0 Å². The number of carboxylic acids is 1. The molecule has 39 heavy (non-hydrogen) atoms. The van der Waals surface area contributed by atoms with Crippen molar-refractivity contribution in [2.45, 2.75) is 51.5 Å². The molecule has 1 aliphatic carbocycles. The Morgan fingerprint density at radius 3 is 1.97 bits per heavy atom. The third-order valence-corrected chi connectivity index (χ3v) is 7.23. The summed E-state index contributed by atoms with van der Waals surface area (Å²) in [7, 11) is 0. The van der Waals surface area contributed by atoms with Gasteiger partial charge in [-0.3, -0.25) is 9.59 Å². The van der Waals surface area contributed by atoms with Crippen molar-refractivity contribution in [2.24, 2.45) is 5.92 Å². The molecule has 3 aromatic carbocycles. The van der Waals surface area contributed by atoms with Crippen LogP contribution in [0.4, 0.5) is 4.79 Å². The molecule has 0 bridgehead atoms. The average Bonchev–Trinajstić information content (AvgIpc) is 3.27. The lowest BCUT2D eigenvalue weighted by atomic mass is 9.98. The molecule has 2 amide bonds. The topological polar surface area (TPSA) is 114 Å². The summed E-state index contributed by atoms with van der Waals surface area (Å²) in [5, 5.41) is 14.7. The number of benzene rings is 3. The Morgan fingerprint density at radius 1 is 0.821 bits per heavy atom. The van der Waals surface area contributed by atoms with Gasteiger partial charge in [0.1, 0.15) is 12.6 Å². The van der Waals surface area contributed by atoms with E-state index in [1.165, 1.54) is 6.92 Å². The molecule has 0 saturated carbocycles. The van der Waals surface area contributed by atoms with Gasteiger partial charge in [-0.15, -0.1) is 0 Å². The fourth-order valence-corrected chi connectivity index (χ4v) is 4.71. The second-order valence-electron chi connectivity index (χ2n) is 9.87. The van der Waals surface area contributed by atoms with Crippen molar-refractivity contribution in [1.82, 2.24) is 10.6 Å². The van der Waals surface area contributed by atoms with Gasteiger partial charge in [0.15, 0.2) is 0 Å². The third-order valence-electron chi connectivity index (χ3n) is 7.23. The van der Waals surface area contributed by atoms with E-state index in [0.29, 0.717) is 0 Å². The van der Waals surface area contributed by atoms with Gasteiger partial charge in [-0.25, -0.2) is 4.79 Å². The van der Waals surface area contributed by atoms with Gasteiger partial charge in [-0.1, -0.05) is 78.9 Å². The molecule has 3 N–H and O–H groups in total. The van der Waals surface area contributed by atoms with Gasteiger partial charge in [0.25, 0.3) is 0 Å². The molecule has 3 aromatic rings. The maximum atomic E-state index is 13.2. The summed E-state index contributed by atoms with van der Waals surface area (Å²) >= 11 is 0. The number of nitrogens with one attached hydrogen (secondary N) is 2. The van der Waals surface area contributed by atoms with Gasteiger partial charge in [0.2, 0.25) is 5.91 Å². The van der Waals surface area contributed by atoms with Crippen LogP contribution in [0.25, 0.3) is 11.1 Å². The van der Waals surface area contributed by atoms with E-state index in [1.807, 2.05) is 66.7 Å². The first-order chi connectivity index (χ1) is 18.8. The predicted molar refractivity (Wildman–Crippen MR) is 147 cm³/mol. The number of fused-ring (bicyclic) bond motifs is 3. The minimum Gasteiger partial charge on any atom is -0.481 e. The highest BCUT2D eigenvalue weighted by atomic mass is 16.5. The second-order valence-corrected chi connectivity index (χ2v) is 9.87. The first-order valence-corrected chi connectivity index (χ1v) is 13.1. The van der Waals surface area contributed by atoms with E-state index in [4.69, 9.17) is 9.47 Å². The highest BCUT2D eigenvalue weighted by molar-refractivity contribution is 5.87. The molecule has 0 aromatic heterocycles. The summed E-state index contributed by atoms with van der Waals surface area (Å²) in [6, 6.07) is 23.8. The number of carboxylic acid groups (broad SMARTS) is 1. The number of aliphatic carboxylic acids is 1. The molecule has 0 spiro atoms. The lowest BCUT2D eigenvalue weighted by Gasteiger charge is -2.27. The summed E-state index contributed by atoms with van der Waals surface area (Å²) in [5.74, 6) is -2.52. The molecule has 0 heterocycles. The molecule has 204 valence electrons. The lowest BCUT2D eigenvalue weighted by Crippen LogP contribution is -2.56. The van der Waals surface area contributed by atoms with E-state index >= 15 is 0 Å². The van der Waals surface area contributed by atoms with Crippen LogP contribution in [-0.4, -0.2) is 47.9 Å². The molecule has 0 aliphatic heterocycles. The molecule has 0 radical (unpaired) electrons. The van der Waals surface area contributed by atoms with Crippen LogP contribution in [0.2, 0.25) is 0 Å². The minimum absolute atomic E-state index is 0.0971. The van der Waals surface area contributed by atoms with Crippen molar-refractivity contribution in [3.05, 3.63) is 95.6 Å². The largest absolute Gasteiger partial charge is 0.481 e. The van der Waals surface area contributed by atoms with Gasteiger partial charge >= 0.3 is 12.1 Å². The van der Waals surface area contributed by atoms with Crippen LogP contribution >= 0.6 is 0 Å². The molecule has 8 heteroatoms. The van der Waals surface area contributed by atoms with Gasteiger partial charge in [-0.05, 0) is 48.6 Å². The van der Waals surface area contributed by atoms with E-state index < -0.39 is 42.1 Å². The fourth-order valence-electron chi connectivity index (χ4n) is 4.71. The van der Waals surface area contributed by atoms with Gasteiger partial charge in [0, 0.05) is 12.0 Å². The predicted octanol–water partition coefficient (Wildman–Crippen LogP) is 4.72. The molecular weight excluding hydrogens is 496 g/mol. The molecule has 2 unspecified atom stereocenters. The van der Waals surface area contributed by atoms with Crippen molar-refractivity contribution in [1.29, 1.82) is 0 Å². The smallest absolute Gasteiger partial charge is 0.407 e. The first kappa shape index (κ1) is 27.9. The Kier molecular flexibility index (Phi) is 8.99. The van der Waals surface area contributed by atoms with E-state index in [1.54, 1.807) is 13.8 Å². The number of hydrogen-bond donors (Lipinski definition) is 3. The quantitative estimate of drug-likeness (QED) is 0.331. The zero-order chi connectivity index (χ0) is 27.9. The van der Waals surface area contributed by atoms with Crippen molar-refractivity contribution in [3.63, 3.8) is 0 Å². The molecular formula is C31H34N2O6. The van der Waals surface area contributed by atoms with Crippen LogP contribution in [-0.2, 0) is 25.7 Å². The number of carbonyl (C=O) groups is 3. The Morgan fingerprint density at radius 2 is 1.38 bits per heavy atom. The fraction of sp³-hybridized carbons (Fsp3) is 0.323. The number of hydrogen-bond acceptors (Lipinski definition) is 5. The van der Waals surface area contributed by atoms with E-state index in [9.17, 15) is 19.5 Å². The molecule has 1 aliphatic rings. The number of rotatable bonds is 11. The lowest BCUT2D eigenvalue weighted by molar-refractivity contribution is -0.142. The second kappa shape index (κ2) is 12.6. The summed E-state index contributed by atoms with van der Waals surface area (Å²) in [6.45, 7) is 5.13. The van der Waals surface area contributed by atoms with Crippen LogP contribution in [0, 0.1) is 5.92 Å². The zero-order valence-electron chi connectivity index (χ0n) is 22.3. The highest BCUT2D eigenvalue weighted by Crippen LogP contribution is 2.44. The maximum absolute atomic E-state index is 13.2. The van der Waals surface area contributed by atoms with Crippen LogP contribution in [0.3, 0.4) is 0 Å². The van der Waals surface area contributed by atoms with Crippen LogP contribution < -0.4 is 10.6 Å². The summed E-state index contributed by atoms with van der Waals surface area (Å²) in [4.78, 5) is 37.6. The van der Waals surface area contributed by atoms with Crippen molar-refractivity contribution >= 4 is 18.0 Å². The van der Waals surface area contributed by atoms with Crippen molar-refractivity contribution < 1.29 is 29.0 Å². The number of amides is 2. The summed E-state index contributed by atoms with van der Waals surface area (Å²) in [5.41, 5.74) is 5.30. The van der Waals surface area contributed by atoms with Crippen molar-refractivity contribution in [3.8, 4) is 11.1 Å². The standard InChI is InChI=1S/C31H34N2O6/c1-19(30(35)36)20(2)32-29(34)28(21(3)38-17-22-11-5-4-6-12-22)33-31(37)39-18-27-25-15-9-7-13-23(25)24-14-8-10-16-26(24)27/h4-16,19-21,27-28H,17-18H2,1-3H3,(H,32,34)(H,33,37)(H,35,36)/t19?,20?,21-,28+/m0/s1. The molecule has 4 atom stereocenters. The van der Waals surface area contributed by atoms with E-state index in [2.05, 4.69) is 22.8 Å². The number of ether oxygens (including phenoxy) is 2. The Balaban J connectivity index is 1.44. The van der Waals surface area contributed by atoms with E-state index in [-0.39, 0.29) is 19.1 Å². The minimum atomic E-state index is -1.10. The average molecular weight is 531 g/mol. The number of alkyl carbamates (subject to hydrolysis) is 1. The summed E-state index contributed by atoms with van der Waals surface area (Å²) in [6.07, 6.45) is -1.48. The molecule has 4 rings (SSSR count). The van der Waals surface area contributed by atoms with Gasteiger partial charge < -0.3 is 25.2 Å². The molecule has 0 saturated heterocycles. The molecule has 8 nitrogen and oxygen atoms in total. The Hall–Kier alpha value is -4.17. The normalized spacial score (nSPS) is 15.3. The number of carbonyl (C=O) groups excluding carboxylic acids is 2. The Bertz CT molecular complexity index is 1270. The maximum Gasteiger partial charge on any atom is 0.407 e. The Labute approximate surface area is 228 Å². The van der Waals surface area contributed by atoms with Crippen LogP contribution in [0.15, 0.2) is 78.9 Å². The van der Waals surface area contributed by atoms with E-state index in [0.717, 1.165) is 27.8 Å². The SMILES string of the molecule is CC(NC(=O)[C@H](NC(=O)OCC1c2ccccc2-c2ccccc21)[C@H](C)OCc1ccccc1)C(C)C(=O)O. The molecule has 0 fully saturated rings. The summed E-state index contributed by atoms with van der Waals surface area (Å²) < 4.78 is 11.6. The van der Waals surface area contributed by atoms with Crippen molar-refractivity contribution in [2.75, 3.05) is 6.61 Å².